The molecule has 106 valence electrons. The molecule has 0 spiro atoms. The lowest BCUT2D eigenvalue weighted by Crippen LogP contribution is -2.29. The normalized spacial score (nSPS) is 13.4. The minimum atomic E-state index is -3.47. The van der Waals surface area contributed by atoms with E-state index in [2.05, 4.69) is 15.9 Å². The topological polar surface area (TPSA) is 37.4 Å². The summed E-state index contributed by atoms with van der Waals surface area (Å²) < 4.78 is 27.4. The highest BCUT2D eigenvalue weighted by Crippen LogP contribution is 2.26. The predicted molar refractivity (Wildman–Crippen MR) is 83.9 cm³/mol. The van der Waals surface area contributed by atoms with Crippen LogP contribution in [-0.2, 0) is 10.0 Å². The average Bonchev–Trinajstić information content (AvgIpc) is 2.47. The maximum atomic E-state index is 12.5. The summed E-state index contributed by atoms with van der Waals surface area (Å²) in [4.78, 5) is 0.312. The van der Waals surface area contributed by atoms with Gasteiger partial charge in [0.1, 0.15) is 0 Å². The molecular weight excluding hydrogens is 338 g/mol. The smallest absolute Gasteiger partial charge is 0.207 e. The first kappa shape index (κ1) is 15.2. The van der Waals surface area contributed by atoms with E-state index in [1.54, 1.807) is 37.4 Å². The van der Waals surface area contributed by atoms with Crippen molar-refractivity contribution in [2.45, 2.75) is 17.9 Å². The number of rotatable bonds is 4. The predicted octanol–water partition coefficient (Wildman–Crippen LogP) is 3.83. The SMILES string of the molecule is CC(c1ccc(Br)cc1)N(C)S(=O)(=O)c1ccccc1. The Morgan fingerprint density at radius 3 is 2.10 bits per heavy atom. The van der Waals surface area contributed by atoms with Crippen molar-refractivity contribution in [3.8, 4) is 0 Å². The summed E-state index contributed by atoms with van der Waals surface area (Å²) in [5.74, 6) is 0. The molecule has 5 heteroatoms. The van der Waals surface area contributed by atoms with Crippen LogP contribution >= 0.6 is 15.9 Å². The van der Waals surface area contributed by atoms with Gasteiger partial charge in [0.2, 0.25) is 10.0 Å². The van der Waals surface area contributed by atoms with Crippen LogP contribution in [-0.4, -0.2) is 19.8 Å². The monoisotopic (exact) mass is 353 g/mol. The van der Waals surface area contributed by atoms with E-state index >= 15 is 0 Å². The van der Waals surface area contributed by atoms with Crippen LogP contribution in [0.3, 0.4) is 0 Å². The number of sulfonamides is 1. The largest absolute Gasteiger partial charge is 0.243 e. The molecule has 0 saturated heterocycles. The number of nitrogens with zero attached hydrogens (tertiary/aromatic N) is 1. The molecule has 1 atom stereocenters. The first-order valence-electron chi connectivity index (χ1n) is 6.21. The van der Waals surface area contributed by atoms with E-state index in [-0.39, 0.29) is 6.04 Å². The van der Waals surface area contributed by atoms with Gasteiger partial charge in [-0.1, -0.05) is 46.3 Å². The zero-order valence-electron chi connectivity index (χ0n) is 11.3. The lowest BCUT2D eigenvalue weighted by atomic mass is 10.1. The van der Waals surface area contributed by atoms with Crippen LogP contribution in [0.5, 0.6) is 0 Å². The molecule has 0 aromatic heterocycles. The molecule has 20 heavy (non-hydrogen) atoms. The molecule has 0 fully saturated rings. The molecule has 0 saturated carbocycles. The molecule has 2 aromatic carbocycles. The molecule has 0 bridgehead atoms. The summed E-state index contributed by atoms with van der Waals surface area (Å²) in [5, 5.41) is 0. The molecule has 1 unspecified atom stereocenters. The van der Waals surface area contributed by atoms with Gasteiger partial charge in [0.05, 0.1) is 4.90 Å². The molecule has 0 radical (unpaired) electrons. The Morgan fingerprint density at radius 1 is 1.00 bits per heavy atom. The fourth-order valence-electron chi connectivity index (χ4n) is 1.92. The minimum Gasteiger partial charge on any atom is -0.207 e. The summed E-state index contributed by atoms with van der Waals surface area (Å²) in [6, 6.07) is 15.9. The maximum Gasteiger partial charge on any atom is 0.243 e. The van der Waals surface area contributed by atoms with Crippen molar-refractivity contribution < 1.29 is 8.42 Å². The number of halogens is 1. The van der Waals surface area contributed by atoms with Gasteiger partial charge in [0.15, 0.2) is 0 Å². The van der Waals surface area contributed by atoms with E-state index in [1.165, 1.54) is 4.31 Å². The van der Waals surface area contributed by atoms with Gasteiger partial charge >= 0.3 is 0 Å². The molecule has 3 nitrogen and oxygen atoms in total. The van der Waals surface area contributed by atoms with Gasteiger partial charge in [-0.3, -0.25) is 0 Å². The third-order valence-electron chi connectivity index (χ3n) is 3.32. The van der Waals surface area contributed by atoms with Crippen molar-refractivity contribution in [3.05, 3.63) is 64.6 Å². The van der Waals surface area contributed by atoms with Crippen LogP contribution in [0.2, 0.25) is 0 Å². The fraction of sp³-hybridized carbons (Fsp3) is 0.200. The highest BCUT2D eigenvalue weighted by atomic mass is 79.9. The lowest BCUT2D eigenvalue weighted by Gasteiger charge is -2.24. The average molecular weight is 354 g/mol. The van der Waals surface area contributed by atoms with E-state index in [0.717, 1.165) is 10.0 Å². The first-order valence-corrected chi connectivity index (χ1v) is 8.45. The molecule has 2 rings (SSSR count). The van der Waals surface area contributed by atoms with Crippen LogP contribution in [0.4, 0.5) is 0 Å². The zero-order valence-corrected chi connectivity index (χ0v) is 13.7. The maximum absolute atomic E-state index is 12.5. The Balaban J connectivity index is 2.31. The van der Waals surface area contributed by atoms with Crippen LogP contribution < -0.4 is 0 Å². The van der Waals surface area contributed by atoms with Gasteiger partial charge in [0, 0.05) is 17.6 Å². The molecule has 0 N–H and O–H groups in total. The fourth-order valence-corrected chi connectivity index (χ4v) is 3.55. The van der Waals surface area contributed by atoms with Crippen molar-refractivity contribution in [3.63, 3.8) is 0 Å². The third-order valence-corrected chi connectivity index (χ3v) is 5.79. The molecule has 0 aliphatic heterocycles. The number of benzene rings is 2. The molecule has 0 aliphatic carbocycles. The van der Waals surface area contributed by atoms with E-state index in [9.17, 15) is 8.42 Å². The molecule has 2 aromatic rings. The second-order valence-corrected chi connectivity index (χ2v) is 7.48. The summed E-state index contributed by atoms with van der Waals surface area (Å²) in [6.07, 6.45) is 0. The zero-order chi connectivity index (χ0) is 14.8. The summed E-state index contributed by atoms with van der Waals surface area (Å²) >= 11 is 3.38. The third kappa shape index (κ3) is 3.11. The van der Waals surface area contributed by atoms with Crippen LogP contribution in [0.1, 0.15) is 18.5 Å². The summed E-state index contributed by atoms with van der Waals surface area (Å²) in [6.45, 7) is 1.88. The summed E-state index contributed by atoms with van der Waals surface area (Å²) in [7, 11) is -1.87. The Hall–Kier alpha value is -1.17. The minimum absolute atomic E-state index is 0.228. The van der Waals surface area contributed by atoms with Gasteiger partial charge < -0.3 is 0 Å². The Kier molecular flexibility index (Phi) is 4.62. The van der Waals surface area contributed by atoms with Crippen molar-refractivity contribution in [2.24, 2.45) is 0 Å². The molecule has 0 amide bonds. The van der Waals surface area contributed by atoms with Crippen LogP contribution in [0, 0.1) is 0 Å². The van der Waals surface area contributed by atoms with E-state index in [0.29, 0.717) is 4.90 Å². The van der Waals surface area contributed by atoms with Gasteiger partial charge in [-0.05, 0) is 36.8 Å². The molecular formula is C15H16BrNO2S. The second kappa shape index (κ2) is 6.08. The van der Waals surface area contributed by atoms with E-state index in [4.69, 9.17) is 0 Å². The lowest BCUT2D eigenvalue weighted by molar-refractivity contribution is 0.398. The van der Waals surface area contributed by atoms with E-state index < -0.39 is 10.0 Å². The second-order valence-electron chi connectivity index (χ2n) is 4.56. The highest BCUT2D eigenvalue weighted by Gasteiger charge is 2.25. The van der Waals surface area contributed by atoms with Crippen molar-refractivity contribution in [1.82, 2.24) is 4.31 Å². The summed E-state index contributed by atoms with van der Waals surface area (Å²) in [5.41, 5.74) is 0.954. The Morgan fingerprint density at radius 2 is 1.55 bits per heavy atom. The van der Waals surface area contributed by atoms with Gasteiger partial charge in [-0.15, -0.1) is 0 Å². The van der Waals surface area contributed by atoms with Crippen LogP contribution in [0.15, 0.2) is 64.0 Å². The number of hydrogen-bond donors (Lipinski definition) is 0. The molecule has 0 aliphatic rings. The van der Waals surface area contributed by atoms with Gasteiger partial charge in [0.25, 0.3) is 0 Å². The first-order chi connectivity index (χ1) is 9.43. The number of hydrogen-bond acceptors (Lipinski definition) is 2. The highest BCUT2D eigenvalue weighted by molar-refractivity contribution is 9.10. The van der Waals surface area contributed by atoms with Crippen molar-refractivity contribution in [2.75, 3.05) is 7.05 Å². The van der Waals surface area contributed by atoms with Crippen LogP contribution in [0.25, 0.3) is 0 Å². The van der Waals surface area contributed by atoms with E-state index in [1.807, 2.05) is 31.2 Å². The van der Waals surface area contributed by atoms with Gasteiger partial charge in [-0.2, -0.15) is 4.31 Å². The Bertz CT molecular complexity index is 669. The van der Waals surface area contributed by atoms with Crippen molar-refractivity contribution >= 4 is 26.0 Å². The van der Waals surface area contributed by atoms with Crippen molar-refractivity contribution in [1.29, 1.82) is 0 Å². The standard InChI is InChI=1S/C15H16BrNO2S/c1-12(13-8-10-14(16)11-9-13)17(2)20(18,19)15-6-4-3-5-7-15/h3-12H,1-2H3. The Labute approximate surface area is 128 Å². The quantitative estimate of drug-likeness (QED) is 0.837. The molecule has 0 heterocycles. The van der Waals surface area contributed by atoms with Gasteiger partial charge in [-0.25, -0.2) is 8.42 Å².